The number of phenolic OH excluding ortho intramolecular Hbond substituents is 1. The van der Waals surface area contributed by atoms with Crippen molar-refractivity contribution in [1.82, 2.24) is 9.97 Å². The summed E-state index contributed by atoms with van der Waals surface area (Å²) in [6, 6.07) is 48.1. The minimum Gasteiger partial charge on any atom is -0.506 e. The molecule has 0 aliphatic carbocycles. The average Bonchev–Trinajstić information content (AvgIpc) is 3.13. The second-order valence-corrected chi connectivity index (χ2v) is 14.6. The van der Waals surface area contributed by atoms with Crippen LogP contribution in [0.15, 0.2) is 146 Å². The van der Waals surface area contributed by atoms with E-state index >= 15 is 0 Å². The van der Waals surface area contributed by atoms with Crippen molar-refractivity contribution in [2.45, 2.75) is 45.4 Å². The molecule has 0 fully saturated rings. The zero-order chi connectivity index (χ0) is 34.6. The van der Waals surface area contributed by atoms with E-state index in [0.29, 0.717) is 5.52 Å². The van der Waals surface area contributed by atoms with Gasteiger partial charge in [-0.25, -0.2) is 9.97 Å². The number of hydrogen-bond acceptors (Lipinski definition) is 5. The molecular weight excluding hydrogens is 613 g/mol. The van der Waals surface area contributed by atoms with Crippen LogP contribution in [0.1, 0.15) is 51.3 Å². The van der Waals surface area contributed by atoms with Crippen LogP contribution >= 0.6 is 0 Å². The summed E-state index contributed by atoms with van der Waals surface area (Å²) < 4.78 is 0. The summed E-state index contributed by atoms with van der Waals surface area (Å²) in [5.41, 5.74) is 10.8. The molecule has 0 bridgehead atoms. The Bertz CT molecular complexity index is 2320. The van der Waals surface area contributed by atoms with Crippen molar-refractivity contribution >= 4 is 45.2 Å². The largest absolute Gasteiger partial charge is 0.506 e. The van der Waals surface area contributed by atoms with Crippen molar-refractivity contribution in [3.8, 4) is 17.0 Å². The monoisotopic (exact) mass is 652 g/mol. The number of nitrogens with zero attached hydrogens (tertiary/aromatic N) is 4. The highest BCUT2D eigenvalue weighted by Crippen LogP contribution is 2.53. The molecule has 0 saturated heterocycles. The van der Waals surface area contributed by atoms with Gasteiger partial charge in [0.2, 0.25) is 0 Å². The van der Waals surface area contributed by atoms with Crippen molar-refractivity contribution in [2.75, 3.05) is 9.80 Å². The molecule has 246 valence electrons. The van der Waals surface area contributed by atoms with Crippen LogP contribution in [0.25, 0.3) is 22.2 Å². The average molecular weight is 653 g/mol. The number of fused-ring (bicyclic) bond motifs is 3. The third-order valence-electron chi connectivity index (χ3n) is 9.93. The second kappa shape index (κ2) is 11.9. The minimum absolute atomic E-state index is 0.0340. The lowest BCUT2D eigenvalue weighted by Crippen LogP contribution is -2.31. The molecule has 5 nitrogen and oxygen atoms in total. The molecule has 50 heavy (non-hydrogen) atoms. The lowest BCUT2D eigenvalue weighted by molar-refractivity contribution is 0.480. The molecule has 7 aromatic rings. The van der Waals surface area contributed by atoms with Crippen LogP contribution in [0.5, 0.6) is 5.75 Å². The fraction of sp³-hybridized carbons (Fsp3) is 0.156. The standard InChI is InChI=1S/C45H40N4O/c1-44(2,3)31-25-26-46-42(28-31)49-38-21-13-12-20-35(38)45(4,5)36-24-23-30(27-40(36)49)37-29-39(34-19-14-22-41(50)43(34)47-37)48(32-15-8-6-9-16-32)33-17-10-7-11-18-33/h6-29,50H,1-5H3. The van der Waals surface area contributed by atoms with Crippen LogP contribution in [0.3, 0.4) is 0 Å². The number of benzene rings is 5. The minimum atomic E-state index is -0.250. The third kappa shape index (κ3) is 5.26. The molecule has 1 aliphatic rings. The summed E-state index contributed by atoms with van der Waals surface area (Å²) in [6.07, 6.45) is 1.92. The Kier molecular flexibility index (Phi) is 7.45. The number of rotatable bonds is 5. The molecule has 3 heterocycles. The Labute approximate surface area is 294 Å². The van der Waals surface area contributed by atoms with Crippen LogP contribution < -0.4 is 9.80 Å². The first-order valence-electron chi connectivity index (χ1n) is 17.2. The van der Waals surface area contributed by atoms with Gasteiger partial charge in [0.15, 0.2) is 0 Å². The first kappa shape index (κ1) is 31.3. The van der Waals surface area contributed by atoms with E-state index in [1.807, 2.05) is 54.7 Å². The lowest BCUT2D eigenvalue weighted by atomic mass is 9.73. The molecule has 2 aromatic heterocycles. The van der Waals surface area contributed by atoms with Crippen LogP contribution in [0, 0.1) is 0 Å². The Morgan fingerprint density at radius 1 is 0.660 bits per heavy atom. The van der Waals surface area contributed by atoms with Crippen molar-refractivity contribution in [1.29, 1.82) is 0 Å². The summed E-state index contributed by atoms with van der Waals surface area (Å²) >= 11 is 0. The molecule has 0 spiro atoms. The van der Waals surface area contributed by atoms with E-state index in [9.17, 15) is 5.11 Å². The summed E-state index contributed by atoms with van der Waals surface area (Å²) in [4.78, 5) is 14.6. The second-order valence-electron chi connectivity index (χ2n) is 14.6. The fourth-order valence-electron chi connectivity index (χ4n) is 7.26. The molecule has 1 aliphatic heterocycles. The van der Waals surface area contributed by atoms with Gasteiger partial charge in [-0.15, -0.1) is 0 Å². The normalized spacial score (nSPS) is 13.5. The van der Waals surface area contributed by atoms with Crippen molar-refractivity contribution in [3.05, 3.63) is 162 Å². The Hall–Kier alpha value is -5.94. The number of pyridine rings is 2. The quantitative estimate of drug-likeness (QED) is 0.201. The van der Waals surface area contributed by atoms with Gasteiger partial charge in [-0.3, -0.25) is 4.90 Å². The maximum Gasteiger partial charge on any atom is 0.141 e. The first-order valence-corrected chi connectivity index (χ1v) is 17.2. The number of hydrogen-bond donors (Lipinski definition) is 1. The number of aromatic hydroxyl groups is 1. The summed E-state index contributed by atoms with van der Waals surface area (Å²) in [5, 5.41) is 12.1. The number of aromatic nitrogens is 2. The summed E-state index contributed by atoms with van der Waals surface area (Å²) in [6.45, 7) is 11.3. The Morgan fingerprint density at radius 2 is 1.32 bits per heavy atom. The molecule has 0 saturated carbocycles. The van der Waals surface area contributed by atoms with E-state index in [1.54, 1.807) is 6.07 Å². The van der Waals surface area contributed by atoms with E-state index in [-0.39, 0.29) is 16.6 Å². The van der Waals surface area contributed by atoms with Gasteiger partial charge in [-0.2, -0.15) is 0 Å². The van der Waals surface area contributed by atoms with Gasteiger partial charge >= 0.3 is 0 Å². The summed E-state index contributed by atoms with van der Waals surface area (Å²) in [7, 11) is 0. The smallest absolute Gasteiger partial charge is 0.141 e. The van der Waals surface area contributed by atoms with E-state index in [0.717, 1.165) is 50.9 Å². The van der Waals surface area contributed by atoms with Gasteiger partial charge in [0.05, 0.1) is 22.8 Å². The number of anilines is 6. The highest BCUT2D eigenvalue weighted by Gasteiger charge is 2.37. The first-order chi connectivity index (χ1) is 24.1. The lowest BCUT2D eigenvalue weighted by Gasteiger charge is -2.42. The SMILES string of the molecule is CC(C)(C)c1ccnc(N2c3ccccc3C(C)(C)c3ccc(-c4cc(N(c5ccccc5)c5ccccc5)c5cccc(O)c5n4)cc32)c1. The van der Waals surface area contributed by atoms with Crippen LogP contribution in [-0.2, 0) is 10.8 Å². The van der Waals surface area contributed by atoms with E-state index in [2.05, 4.69) is 129 Å². The predicted octanol–water partition coefficient (Wildman–Crippen LogP) is 11.9. The molecule has 5 aromatic carbocycles. The zero-order valence-corrected chi connectivity index (χ0v) is 29.1. The van der Waals surface area contributed by atoms with Gasteiger partial charge in [0, 0.05) is 33.9 Å². The maximum atomic E-state index is 11.2. The molecule has 0 atom stereocenters. The molecule has 0 amide bonds. The van der Waals surface area contributed by atoms with Gasteiger partial charge in [0.1, 0.15) is 17.1 Å². The highest BCUT2D eigenvalue weighted by atomic mass is 16.3. The van der Waals surface area contributed by atoms with Gasteiger partial charge in [0.25, 0.3) is 0 Å². The molecule has 0 unspecified atom stereocenters. The number of phenols is 1. The number of para-hydroxylation sites is 4. The third-order valence-corrected chi connectivity index (χ3v) is 9.93. The molecule has 1 N–H and O–H groups in total. The predicted molar refractivity (Wildman–Crippen MR) is 207 cm³/mol. The molecule has 0 radical (unpaired) electrons. The van der Waals surface area contributed by atoms with Crippen LogP contribution in [0.4, 0.5) is 34.3 Å². The van der Waals surface area contributed by atoms with Gasteiger partial charge < -0.3 is 10.0 Å². The molecule has 5 heteroatoms. The fourth-order valence-corrected chi connectivity index (χ4v) is 7.26. The zero-order valence-electron chi connectivity index (χ0n) is 29.1. The van der Waals surface area contributed by atoms with E-state index < -0.39 is 0 Å². The Balaban J connectivity index is 1.38. The Morgan fingerprint density at radius 3 is 2.02 bits per heavy atom. The van der Waals surface area contributed by atoms with Crippen LogP contribution in [-0.4, -0.2) is 15.1 Å². The van der Waals surface area contributed by atoms with Crippen molar-refractivity contribution in [2.24, 2.45) is 0 Å². The maximum absolute atomic E-state index is 11.2. The van der Waals surface area contributed by atoms with E-state index in [4.69, 9.17) is 9.97 Å². The van der Waals surface area contributed by atoms with Gasteiger partial charge in [-0.1, -0.05) is 113 Å². The van der Waals surface area contributed by atoms with E-state index in [1.165, 1.54) is 16.7 Å². The topological polar surface area (TPSA) is 52.5 Å². The van der Waals surface area contributed by atoms with Crippen LogP contribution in [0.2, 0.25) is 0 Å². The van der Waals surface area contributed by atoms with Crippen molar-refractivity contribution < 1.29 is 5.11 Å². The highest BCUT2D eigenvalue weighted by molar-refractivity contribution is 6.01. The van der Waals surface area contributed by atoms with Crippen molar-refractivity contribution in [3.63, 3.8) is 0 Å². The molecule has 8 rings (SSSR count). The summed E-state index contributed by atoms with van der Waals surface area (Å²) in [5.74, 6) is 1.02. The molecular formula is C45H40N4O. The van der Waals surface area contributed by atoms with Gasteiger partial charge in [-0.05, 0) is 82.8 Å².